The summed E-state index contributed by atoms with van der Waals surface area (Å²) in [5, 5.41) is 0. The molecule has 0 amide bonds. The standard InChI is InChI=1S/C22H26F3NO4S/c1-26(2)15-16-12-17-6-3-9-21(20(17)13-16)29-18-7-4-8-19(14-18)30-31(27)28-11-5-10-22(23,24)25/h3-4,6-9,14,16H,5,10-13,15H2,1-2H3. The topological polar surface area (TPSA) is 48.0 Å². The second-order valence-corrected chi connectivity index (χ2v) is 8.65. The summed E-state index contributed by atoms with van der Waals surface area (Å²) in [6.45, 7) is 0.693. The normalized spacial score (nSPS) is 16.9. The first-order valence-electron chi connectivity index (χ1n) is 10.0. The van der Waals surface area contributed by atoms with Gasteiger partial charge in [0.15, 0.2) is 0 Å². The van der Waals surface area contributed by atoms with Gasteiger partial charge < -0.3 is 13.8 Å². The second-order valence-electron chi connectivity index (χ2n) is 7.84. The number of halogens is 3. The van der Waals surface area contributed by atoms with E-state index >= 15 is 0 Å². The van der Waals surface area contributed by atoms with Gasteiger partial charge in [-0.3, -0.25) is 4.18 Å². The van der Waals surface area contributed by atoms with Crippen LogP contribution in [0.2, 0.25) is 0 Å². The summed E-state index contributed by atoms with van der Waals surface area (Å²) in [6, 6.07) is 12.6. The summed E-state index contributed by atoms with van der Waals surface area (Å²) in [7, 11) is 4.13. The van der Waals surface area contributed by atoms with Crippen molar-refractivity contribution in [1.82, 2.24) is 4.90 Å². The van der Waals surface area contributed by atoms with Crippen molar-refractivity contribution < 1.29 is 30.5 Å². The summed E-state index contributed by atoms with van der Waals surface area (Å²) < 4.78 is 64.3. The maximum atomic E-state index is 12.1. The van der Waals surface area contributed by atoms with Gasteiger partial charge in [-0.25, -0.2) is 0 Å². The predicted molar refractivity (Wildman–Crippen MR) is 112 cm³/mol. The SMILES string of the molecule is CN(C)CC1Cc2cccc(Oc3cccc(OS(=O)OCCCC(F)(F)F)c3)c2C1. The van der Waals surface area contributed by atoms with Crippen LogP contribution in [0, 0.1) is 5.92 Å². The van der Waals surface area contributed by atoms with Crippen LogP contribution in [0.15, 0.2) is 42.5 Å². The molecule has 31 heavy (non-hydrogen) atoms. The Labute approximate surface area is 183 Å². The summed E-state index contributed by atoms with van der Waals surface area (Å²) in [5.41, 5.74) is 2.47. The first-order valence-corrected chi connectivity index (χ1v) is 11.0. The Hall–Kier alpha value is -2.10. The van der Waals surface area contributed by atoms with Crippen LogP contribution in [0.1, 0.15) is 24.0 Å². The number of ether oxygens (including phenoxy) is 1. The minimum atomic E-state index is -4.26. The lowest BCUT2D eigenvalue weighted by molar-refractivity contribution is -0.136. The minimum Gasteiger partial charge on any atom is -0.457 e. The number of nitrogens with zero attached hydrogens (tertiary/aromatic N) is 1. The fourth-order valence-corrected chi connectivity index (χ4v) is 4.23. The molecule has 2 aromatic rings. The van der Waals surface area contributed by atoms with E-state index in [1.807, 2.05) is 12.1 Å². The summed E-state index contributed by atoms with van der Waals surface area (Å²) in [6.07, 6.45) is -3.59. The molecule has 9 heteroatoms. The maximum absolute atomic E-state index is 12.1. The molecule has 5 nitrogen and oxygen atoms in total. The van der Waals surface area contributed by atoms with Crippen LogP contribution < -0.4 is 8.92 Å². The molecule has 0 spiro atoms. The molecule has 3 rings (SSSR count). The molecule has 1 aliphatic rings. The number of fused-ring (bicyclic) bond motifs is 1. The lowest BCUT2D eigenvalue weighted by Gasteiger charge is -2.15. The highest BCUT2D eigenvalue weighted by molar-refractivity contribution is 7.75. The first-order chi connectivity index (χ1) is 14.7. The van der Waals surface area contributed by atoms with E-state index in [0.717, 1.165) is 25.1 Å². The van der Waals surface area contributed by atoms with E-state index in [9.17, 15) is 17.4 Å². The lowest BCUT2D eigenvalue weighted by Crippen LogP contribution is -2.21. The maximum Gasteiger partial charge on any atom is 0.389 e. The van der Waals surface area contributed by atoms with Crippen molar-refractivity contribution in [3.05, 3.63) is 53.6 Å². The molecular weight excluding hydrogens is 431 g/mol. The van der Waals surface area contributed by atoms with Gasteiger partial charge in [0.05, 0.1) is 6.61 Å². The summed E-state index contributed by atoms with van der Waals surface area (Å²) in [5.74, 6) is 2.07. The third-order valence-electron chi connectivity index (χ3n) is 4.84. The van der Waals surface area contributed by atoms with Crippen molar-refractivity contribution in [1.29, 1.82) is 0 Å². The monoisotopic (exact) mass is 457 g/mol. The molecule has 0 bridgehead atoms. The van der Waals surface area contributed by atoms with Gasteiger partial charge >= 0.3 is 17.5 Å². The van der Waals surface area contributed by atoms with Crippen molar-refractivity contribution in [2.75, 3.05) is 27.2 Å². The largest absolute Gasteiger partial charge is 0.457 e. The Bertz CT molecular complexity index is 905. The smallest absolute Gasteiger partial charge is 0.389 e. The zero-order chi connectivity index (χ0) is 22.4. The number of rotatable bonds is 10. The average Bonchev–Trinajstić information content (AvgIpc) is 3.07. The molecule has 170 valence electrons. The highest BCUT2D eigenvalue weighted by Gasteiger charge is 2.26. The van der Waals surface area contributed by atoms with E-state index in [1.165, 1.54) is 11.1 Å². The molecule has 0 heterocycles. The highest BCUT2D eigenvalue weighted by atomic mass is 32.2. The van der Waals surface area contributed by atoms with Crippen molar-refractivity contribution >= 4 is 11.4 Å². The quantitative estimate of drug-likeness (QED) is 0.466. The van der Waals surface area contributed by atoms with Crippen LogP contribution in [-0.2, 0) is 28.4 Å². The number of benzene rings is 2. The van der Waals surface area contributed by atoms with Crippen LogP contribution in [0.5, 0.6) is 17.2 Å². The molecule has 0 saturated heterocycles. The summed E-state index contributed by atoms with van der Waals surface area (Å²) in [4.78, 5) is 2.18. The molecule has 0 saturated carbocycles. The van der Waals surface area contributed by atoms with Gasteiger partial charge in [-0.2, -0.15) is 17.4 Å². The van der Waals surface area contributed by atoms with Crippen molar-refractivity contribution in [3.63, 3.8) is 0 Å². The third kappa shape index (κ3) is 7.52. The Balaban J connectivity index is 1.57. The van der Waals surface area contributed by atoms with Gasteiger partial charge in [0.1, 0.15) is 17.2 Å². The Morgan fingerprint density at radius 2 is 1.84 bits per heavy atom. The Kier molecular flexibility index (Phi) is 7.96. The molecule has 2 atom stereocenters. The fraction of sp³-hybridized carbons (Fsp3) is 0.455. The van der Waals surface area contributed by atoms with E-state index in [1.54, 1.807) is 24.3 Å². The van der Waals surface area contributed by atoms with Gasteiger partial charge in [-0.15, -0.1) is 0 Å². The predicted octanol–water partition coefficient (Wildman–Crippen LogP) is 5.07. The molecule has 0 aliphatic heterocycles. The van der Waals surface area contributed by atoms with E-state index in [0.29, 0.717) is 11.7 Å². The van der Waals surface area contributed by atoms with E-state index in [2.05, 4.69) is 25.1 Å². The number of hydrogen-bond donors (Lipinski definition) is 0. The van der Waals surface area contributed by atoms with Crippen LogP contribution >= 0.6 is 0 Å². The highest BCUT2D eigenvalue weighted by Crippen LogP contribution is 2.36. The van der Waals surface area contributed by atoms with Crippen molar-refractivity contribution in [3.8, 4) is 17.2 Å². The number of alkyl halides is 3. The van der Waals surface area contributed by atoms with Gasteiger partial charge in [0.2, 0.25) is 0 Å². The third-order valence-corrected chi connectivity index (χ3v) is 5.52. The molecule has 1 aliphatic carbocycles. The average molecular weight is 458 g/mol. The van der Waals surface area contributed by atoms with Crippen molar-refractivity contribution in [2.24, 2.45) is 5.92 Å². The molecule has 0 N–H and O–H groups in total. The van der Waals surface area contributed by atoms with E-state index in [-0.39, 0.29) is 18.8 Å². The van der Waals surface area contributed by atoms with E-state index in [4.69, 9.17) is 13.1 Å². The van der Waals surface area contributed by atoms with Crippen molar-refractivity contribution in [2.45, 2.75) is 31.9 Å². The van der Waals surface area contributed by atoms with Crippen LogP contribution in [0.3, 0.4) is 0 Å². The van der Waals surface area contributed by atoms with Gasteiger partial charge in [-0.1, -0.05) is 18.2 Å². The van der Waals surface area contributed by atoms with Crippen LogP contribution in [0.4, 0.5) is 13.2 Å². The van der Waals surface area contributed by atoms with Gasteiger partial charge in [-0.05, 0) is 68.6 Å². The summed E-state index contributed by atoms with van der Waals surface area (Å²) >= 11 is -2.19. The van der Waals surface area contributed by atoms with Gasteiger partial charge in [0.25, 0.3) is 0 Å². The second kappa shape index (κ2) is 10.5. The molecular formula is C22H26F3NO4S. The van der Waals surface area contributed by atoms with Crippen LogP contribution in [-0.4, -0.2) is 42.5 Å². The molecule has 2 aromatic carbocycles. The van der Waals surface area contributed by atoms with Crippen LogP contribution in [0.25, 0.3) is 0 Å². The molecule has 0 fully saturated rings. The zero-order valence-electron chi connectivity index (χ0n) is 17.5. The van der Waals surface area contributed by atoms with E-state index < -0.39 is 24.0 Å². The molecule has 0 radical (unpaired) electrons. The fourth-order valence-electron chi connectivity index (χ4n) is 3.67. The van der Waals surface area contributed by atoms with Gasteiger partial charge in [0, 0.05) is 19.0 Å². The zero-order valence-corrected chi connectivity index (χ0v) is 18.3. The molecule has 0 aromatic heterocycles. The lowest BCUT2D eigenvalue weighted by atomic mass is 10.1. The Morgan fingerprint density at radius 1 is 1.10 bits per heavy atom. The minimum absolute atomic E-state index is 0.240. The number of hydrogen-bond acceptors (Lipinski definition) is 5. The molecule has 2 unspecified atom stereocenters. The Morgan fingerprint density at radius 3 is 2.58 bits per heavy atom. The first kappa shape index (κ1) is 23.6.